The lowest BCUT2D eigenvalue weighted by Gasteiger charge is -2.08. The van der Waals surface area contributed by atoms with E-state index in [1.54, 1.807) is 6.07 Å². The summed E-state index contributed by atoms with van der Waals surface area (Å²) >= 11 is 3.09. The molecule has 0 radical (unpaired) electrons. The Morgan fingerprint density at radius 2 is 1.77 bits per heavy atom. The molecule has 0 aromatic heterocycles. The van der Waals surface area contributed by atoms with Crippen molar-refractivity contribution in [2.24, 2.45) is 0 Å². The molecular formula is C17H14BrFO3. The Morgan fingerprint density at radius 3 is 2.41 bits per heavy atom. The Labute approximate surface area is 136 Å². The fraction of sp³-hybridized carbons (Fsp3) is 0.176. The Hall–Kier alpha value is -2.01. The van der Waals surface area contributed by atoms with Gasteiger partial charge in [-0.15, -0.1) is 0 Å². The molecule has 2 aromatic carbocycles. The van der Waals surface area contributed by atoms with Gasteiger partial charge < -0.3 is 4.74 Å². The number of halogens is 2. The van der Waals surface area contributed by atoms with Crippen LogP contribution in [0.4, 0.5) is 4.39 Å². The number of ether oxygens (including phenoxy) is 1. The highest BCUT2D eigenvalue weighted by atomic mass is 79.9. The molecule has 3 nitrogen and oxygen atoms in total. The van der Waals surface area contributed by atoms with Crippen LogP contribution in [0.15, 0.2) is 40.9 Å². The molecule has 0 fully saturated rings. The maximum atomic E-state index is 13.0. The van der Waals surface area contributed by atoms with Gasteiger partial charge in [0.05, 0.1) is 5.56 Å². The van der Waals surface area contributed by atoms with Gasteiger partial charge in [0.25, 0.3) is 0 Å². The molecule has 5 heteroatoms. The molecule has 22 heavy (non-hydrogen) atoms. The molecule has 0 unspecified atom stereocenters. The zero-order valence-electron chi connectivity index (χ0n) is 12.2. The van der Waals surface area contributed by atoms with E-state index in [0.717, 1.165) is 17.2 Å². The molecule has 2 aromatic rings. The molecule has 0 atom stereocenters. The molecule has 0 spiro atoms. The Morgan fingerprint density at radius 1 is 1.09 bits per heavy atom. The van der Waals surface area contributed by atoms with Crippen LogP contribution in [0.3, 0.4) is 0 Å². The van der Waals surface area contributed by atoms with Crippen molar-refractivity contribution in [2.75, 3.05) is 6.61 Å². The highest BCUT2D eigenvalue weighted by molar-refractivity contribution is 9.10. The lowest BCUT2D eigenvalue weighted by Crippen LogP contribution is -2.15. The summed E-state index contributed by atoms with van der Waals surface area (Å²) in [5, 5.41) is 0. The molecule has 0 N–H and O–H groups in total. The van der Waals surface area contributed by atoms with E-state index >= 15 is 0 Å². The van der Waals surface area contributed by atoms with Gasteiger partial charge in [0.2, 0.25) is 5.78 Å². The first-order chi connectivity index (χ1) is 10.4. The van der Waals surface area contributed by atoms with Crippen molar-refractivity contribution in [3.05, 3.63) is 68.9 Å². The van der Waals surface area contributed by atoms with Crippen molar-refractivity contribution in [2.45, 2.75) is 13.8 Å². The lowest BCUT2D eigenvalue weighted by molar-refractivity contribution is 0.0473. The summed E-state index contributed by atoms with van der Waals surface area (Å²) < 4.78 is 18.3. The zero-order chi connectivity index (χ0) is 16.3. The largest absolute Gasteiger partial charge is 0.454 e. The predicted molar refractivity (Wildman–Crippen MR) is 84.6 cm³/mol. The highest BCUT2D eigenvalue weighted by Crippen LogP contribution is 2.19. The van der Waals surface area contributed by atoms with Gasteiger partial charge in [-0.3, -0.25) is 4.79 Å². The maximum Gasteiger partial charge on any atom is 0.339 e. The van der Waals surface area contributed by atoms with Crippen LogP contribution >= 0.6 is 15.9 Å². The van der Waals surface area contributed by atoms with Crippen LogP contribution in [-0.2, 0) is 4.74 Å². The van der Waals surface area contributed by atoms with Gasteiger partial charge in [0, 0.05) is 10.0 Å². The summed E-state index contributed by atoms with van der Waals surface area (Å²) in [4.78, 5) is 24.0. The first-order valence-corrected chi connectivity index (χ1v) is 7.40. The SMILES string of the molecule is Cc1ccc(C(=O)COC(=O)c2ccc(F)cc2Br)c(C)c1. The Kier molecular flexibility index (Phi) is 5.08. The number of ketones is 1. The van der Waals surface area contributed by atoms with Crippen molar-refractivity contribution in [1.29, 1.82) is 0 Å². The van der Waals surface area contributed by atoms with Gasteiger partial charge in [0.1, 0.15) is 5.82 Å². The van der Waals surface area contributed by atoms with E-state index < -0.39 is 11.8 Å². The highest BCUT2D eigenvalue weighted by Gasteiger charge is 2.16. The minimum atomic E-state index is -0.676. The van der Waals surface area contributed by atoms with Crippen LogP contribution in [0.1, 0.15) is 31.8 Å². The second-order valence-corrected chi connectivity index (χ2v) is 5.80. The lowest BCUT2D eigenvalue weighted by atomic mass is 10.0. The molecule has 114 valence electrons. The minimum Gasteiger partial charge on any atom is -0.454 e. The number of esters is 1. The van der Waals surface area contributed by atoms with Gasteiger partial charge in [0.15, 0.2) is 6.61 Å². The first-order valence-electron chi connectivity index (χ1n) is 6.61. The molecule has 0 saturated carbocycles. The van der Waals surface area contributed by atoms with E-state index in [1.165, 1.54) is 12.1 Å². The number of benzene rings is 2. The molecule has 0 aliphatic heterocycles. The fourth-order valence-corrected chi connectivity index (χ4v) is 2.58. The zero-order valence-corrected chi connectivity index (χ0v) is 13.7. The van der Waals surface area contributed by atoms with Crippen molar-refractivity contribution >= 4 is 27.7 Å². The van der Waals surface area contributed by atoms with Crippen LogP contribution < -0.4 is 0 Å². The molecule has 0 saturated heterocycles. The number of rotatable bonds is 4. The number of aryl methyl sites for hydroxylation is 2. The molecule has 2 rings (SSSR count). The maximum absolute atomic E-state index is 13.0. The number of hydrogen-bond donors (Lipinski definition) is 0. The number of carbonyl (C=O) groups excluding carboxylic acids is 2. The molecule has 0 bridgehead atoms. The molecular weight excluding hydrogens is 351 g/mol. The third kappa shape index (κ3) is 3.80. The van der Waals surface area contributed by atoms with Crippen molar-refractivity contribution in [3.8, 4) is 0 Å². The topological polar surface area (TPSA) is 43.4 Å². The van der Waals surface area contributed by atoms with E-state index in [4.69, 9.17) is 4.74 Å². The van der Waals surface area contributed by atoms with Gasteiger partial charge >= 0.3 is 5.97 Å². The second kappa shape index (κ2) is 6.83. The average Bonchev–Trinajstić information content (AvgIpc) is 2.44. The van der Waals surface area contributed by atoms with Crippen LogP contribution in [0.5, 0.6) is 0 Å². The normalized spacial score (nSPS) is 10.4. The van der Waals surface area contributed by atoms with Crippen molar-refractivity contribution in [3.63, 3.8) is 0 Å². The van der Waals surface area contributed by atoms with Gasteiger partial charge in [-0.1, -0.05) is 23.8 Å². The monoisotopic (exact) mass is 364 g/mol. The Balaban J connectivity index is 2.06. The smallest absolute Gasteiger partial charge is 0.339 e. The van der Waals surface area contributed by atoms with Crippen LogP contribution in [0.25, 0.3) is 0 Å². The number of carbonyl (C=O) groups is 2. The third-order valence-electron chi connectivity index (χ3n) is 3.17. The van der Waals surface area contributed by atoms with Crippen LogP contribution in [-0.4, -0.2) is 18.4 Å². The summed E-state index contributed by atoms with van der Waals surface area (Å²) in [7, 11) is 0. The van der Waals surface area contributed by atoms with Crippen molar-refractivity contribution in [1.82, 2.24) is 0 Å². The molecule has 0 amide bonds. The van der Waals surface area contributed by atoms with E-state index in [2.05, 4.69) is 15.9 Å². The van der Waals surface area contributed by atoms with Crippen LogP contribution in [0, 0.1) is 19.7 Å². The minimum absolute atomic E-state index is 0.176. The van der Waals surface area contributed by atoms with E-state index in [0.29, 0.717) is 5.56 Å². The van der Waals surface area contributed by atoms with Crippen LogP contribution in [0.2, 0.25) is 0 Å². The predicted octanol–water partition coefficient (Wildman–Crippen LogP) is 4.24. The molecule has 0 aliphatic carbocycles. The standard InChI is InChI=1S/C17H14BrFO3/c1-10-3-5-13(11(2)7-10)16(20)9-22-17(21)14-6-4-12(19)8-15(14)18/h3-8H,9H2,1-2H3. The van der Waals surface area contributed by atoms with E-state index in [1.807, 2.05) is 26.0 Å². The van der Waals surface area contributed by atoms with Gasteiger partial charge in [-0.25, -0.2) is 9.18 Å². The summed E-state index contributed by atoms with van der Waals surface area (Å²) in [5.41, 5.74) is 2.59. The number of Topliss-reactive ketones (excluding diaryl/α,β-unsaturated/α-hetero) is 1. The third-order valence-corrected chi connectivity index (χ3v) is 3.82. The molecule has 0 aliphatic rings. The summed E-state index contributed by atoms with van der Waals surface area (Å²) in [5.74, 6) is -1.41. The van der Waals surface area contributed by atoms with Crippen molar-refractivity contribution < 1.29 is 18.7 Å². The second-order valence-electron chi connectivity index (χ2n) is 4.94. The molecule has 0 heterocycles. The van der Waals surface area contributed by atoms with E-state index in [-0.39, 0.29) is 22.4 Å². The van der Waals surface area contributed by atoms with E-state index in [9.17, 15) is 14.0 Å². The average molecular weight is 365 g/mol. The van der Waals surface area contributed by atoms with Gasteiger partial charge in [-0.05, 0) is 53.5 Å². The summed E-state index contributed by atoms with van der Waals surface area (Å²) in [6, 6.07) is 9.08. The van der Waals surface area contributed by atoms with Gasteiger partial charge in [-0.2, -0.15) is 0 Å². The summed E-state index contributed by atoms with van der Waals surface area (Å²) in [6.07, 6.45) is 0. The Bertz CT molecular complexity index is 677. The number of hydrogen-bond acceptors (Lipinski definition) is 3. The summed E-state index contributed by atoms with van der Waals surface area (Å²) in [6.45, 7) is 3.42. The fourth-order valence-electron chi connectivity index (χ4n) is 2.07. The quantitative estimate of drug-likeness (QED) is 0.601. The first kappa shape index (κ1) is 16.4.